The van der Waals surface area contributed by atoms with Gasteiger partial charge in [-0.2, -0.15) is 0 Å². The van der Waals surface area contributed by atoms with Crippen LogP contribution in [0.2, 0.25) is 0 Å². The predicted octanol–water partition coefficient (Wildman–Crippen LogP) is 2.06. The van der Waals surface area contributed by atoms with E-state index in [0.717, 1.165) is 17.8 Å². The van der Waals surface area contributed by atoms with E-state index in [-0.39, 0.29) is 6.10 Å². The van der Waals surface area contributed by atoms with Gasteiger partial charge in [0, 0.05) is 18.3 Å². The molecule has 0 aliphatic carbocycles. The molecule has 1 aromatic carbocycles. The van der Waals surface area contributed by atoms with Crippen molar-refractivity contribution in [3.05, 3.63) is 47.7 Å². The first kappa shape index (κ1) is 11.7. The zero-order valence-electron chi connectivity index (χ0n) is 10.1. The van der Waals surface area contributed by atoms with Crippen LogP contribution >= 0.6 is 0 Å². The molecule has 0 aliphatic rings. The minimum atomic E-state index is -0.0242. The van der Waals surface area contributed by atoms with E-state index in [1.165, 1.54) is 0 Å². The third-order valence-corrected chi connectivity index (χ3v) is 2.51. The van der Waals surface area contributed by atoms with Crippen molar-refractivity contribution >= 4 is 0 Å². The lowest BCUT2D eigenvalue weighted by atomic mass is 10.1. The fourth-order valence-electron chi connectivity index (χ4n) is 1.68. The van der Waals surface area contributed by atoms with Crippen molar-refractivity contribution in [1.82, 2.24) is 15.5 Å². The molecule has 90 valence electrons. The van der Waals surface area contributed by atoms with Crippen LogP contribution in [-0.2, 0) is 0 Å². The molecule has 17 heavy (non-hydrogen) atoms. The molecule has 2 aromatic rings. The number of nitrogens with one attached hydrogen (secondary N) is 2. The summed E-state index contributed by atoms with van der Waals surface area (Å²) >= 11 is 0. The summed E-state index contributed by atoms with van der Waals surface area (Å²) in [4.78, 5) is 0. The maximum Gasteiger partial charge on any atom is 0.233 e. The molecule has 2 rings (SSSR count). The predicted molar refractivity (Wildman–Crippen MR) is 67.1 cm³/mol. The maximum absolute atomic E-state index is 5.86. The molecule has 4 nitrogen and oxygen atoms in total. The third-order valence-electron chi connectivity index (χ3n) is 2.51. The van der Waals surface area contributed by atoms with Gasteiger partial charge in [-0.1, -0.05) is 30.3 Å². The number of rotatable bonds is 5. The Hall–Kier alpha value is -1.81. The molecule has 0 saturated carbocycles. The van der Waals surface area contributed by atoms with Crippen LogP contribution in [0, 0.1) is 6.92 Å². The standard InChI is InChI=1S/C13H17N3O/c1-10-8-13(16-15-10)17-12(9-14-2)11-6-4-3-5-7-11/h3-8,12,14H,9H2,1-2H3,(H,15,16). The van der Waals surface area contributed by atoms with Crippen LogP contribution in [0.4, 0.5) is 0 Å². The van der Waals surface area contributed by atoms with Crippen molar-refractivity contribution < 1.29 is 4.74 Å². The van der Waals surface area contributed by atoms with Gasteiger partial charge >= 0.3 is 0 Å². The summed E-state index contributed by atoms with van der Waals surface area (Å²) < 4.78 is 5.86. The van der Waals surface area contributed by atoms with E-state index in [1.807, 2.05) is 38.2 Å². The van der Waals surface area contributed by atoms with Crippen LogP contribution in [0.3, 0.4) is 0 Å². The highest BCUT2D eigenvalue weighted by atomic mass is 16.5. The number of aryl methyl sites for hydroxylation is 1. The average Bonchev–Trinajstić information content (AvgIpc) is 2.75. The van der Waals surface area contributed by atoms with Crippen LogP contribution < -0.4 is 10.1 Å². The van der Waals surface area contributed by atoms with Gasteiger partial charge < -0.3 is 10.1 Å². The summed E-state index contributed by atoms with van der Waals surface area (Å²) in [6.45, 7) is 2.70. The van der Waals surface area contributed by atoms with Gasteiger partial charge in [0.1, 0.15) is 6.10 Å². The number of ether oxygens (including phenoxy) is 1. The minimum Gasteiger partial charge on any atom is -0.467 e. The number of benzene rings is 1. The molecule has 1 unspecified atom stereocenters. The van der Waals surface area contributed by atoms with Crippen molar-refractivity contribution in [1.29, 1.82) is 0 Å². The Kier molecular flexibility index (Phi) is 3.77. The Bertz CT molecular complexity index is 453. The summed E-state index contributed by atoms with van der Waals surface area (Å²) in [5, 5.41) is 10.1. The van der Waals surface area contributed by atoms with Crippen LogP contribution in [0.25, 0.3) is 0 Å². The molecule has 1 atom stereocenters. The molecule has 0 aliphatic heterocycles. The largest absolute Gasteiger partial charge is 0.467 e. The molecule has 0 amide bonds. The summed E-state index contributed by atoms with van der Waals surface area (Å²) in [6, 6.07) is 12.0. The number of aromatic nitrogens is 2. The Morgan fingerprint density at radius 1 is 1.35 bits per heavy atom. The number of hydrogen-bond acceptors (Lipinski definition) is 3. The lowest BCUT2D eigenvalue weighted by Gasteiger charge is -2.17. The molecule has 4 heteroatoms. The number of likely N-dealkylation sites (N-methyl/N-ethyl adjacent to an activating group) is 1. The molecule has 1 aromatic heterocycles. The molecule has 0 fully saturated rings. The maximum atomic E-state index is 5.86. The van der Waals surface area contributed by atoms with Crippen molar-refractivity contribution in [3.8, 4) is 5.88 Å². The Morgan fingerprint density at radius 2 is 2.12 bits per heavy atom. The Morgan fingerprint density at radius 3 is 2.71 bits per heavy atom. The van der Waals surface area contributed by atoms with Crippen molar-refractivity contribution in [2.45, 2.75) is 13.0 Å². The van der Waals surface area contributed by atoms with Crippen molar-refractivity contribution in [2.75, 3.05) is 13.6 Å². The first-order chi connectivity index (χ1) is 8.29. The highest BCUT2D eigenvalue weighted by molar-refractivity contribution is 5.20. The lowest BCUT2D eigenvalue weighted by Crippen LogP contribution is -2.22. The topological polar surface area (TPSA) is 49.9 Å². The second-order valence-electron chi connectivity index (χ2n) is 3.96. The van der Waals surface area contributed by atoms with Gasteiger partial charge in [-0.15, -0.1) is 5.10 Å². The smallest absolute Gasteiger partial charge is 0.233 e. The number of nitrogens with zero attached hydrogens (tertiary/aromatic N) is 1. The van der Waals surface area contributed by atoms with Gasteiger partial charge in [0.15, 0.2) is 0 Å². The molecule has 0 saturated heterocycles. The van der Waals surface area contributed by atoms with Crippen molar-refractivity contribution in [3.63, 3.8) is 0 Å². The normalized spacial score (nSPS) is 12.4. The number of aromatic amines is 1. The summed E-state index contributed by atoms with van der Waals surface area (Å²) in [7, 11) is 1.91. The quantitative estimate of drug-likeness (QED) is 0.828. The Labute approximate surface area is 101 Å². The van der Waals surface area contributed by atoms with E-state index in [1.54, 1.807) is 0 Å². The molecule has 1 heterocycles. The highest BCUT2D eigenvalue weighted by Crippen LogP contribution is 2.19. The minimum absolute atomic E-state index is 0.0242. The number of hydrogen-bond donors (Lipinski definition) is 2. The zero-order chi connectivity index (χ0) is 12.1. The summed E-state index contributed by atoms with van der Waals surface area (Å²) in [6.07, 6.45) is -0.0242. The Balaban J connectivity index is 2.13. The molecule has 2 N–H and O–H groups in total. The monoisotopic (exact) mass is 231 g/mol. The first-order valence-electron chi connectivity index (χ1n) is 5.68. The molecule has 0 radical (unpaired) electrons. The molecular formula is C13H17N3O. The van der Waals surface area contributed by atoms with Crippen LogP contribution in [-0.4, -0.2) is 23.8 Å². The van der Waals surface area contributed by atoms with E-state index in [9.17, 15) is 0 Å². The third kappa shape index (κ3) is 3.07. The van der Waals surface area contributed by atoms with Crippen LogP contribution in [0.5, 0.6) is 5.88 Å². The molecule has 0 spiro atoms. The van der Waals surface area contributed by atoms with E-state index in [2.05, 4.69) is 27.6 Å². The summed E-state index contributed by atoms with van der Waals surface area (Å²) in [5.41, 5.74) is 2.14. The SMILES string of the molecule is CNCC(Oc1cc(C)[nH]n1)c1ccccc1. The van der Waals surface area contributed by atoms with E-state index in [4.69, 9.17) is 4.74 Å². The lowest BCUT2D eigenvalue weighted by molar-refractivity contribution is 0.196. The van der Waals surface area contributed by atoms with Gasteiger partial charge in [0.05, 0.1) is 0 Å². The molecule has 0 bridgehead atoms. The average molecular weight is 231 g/mol. The van der Waals surface area contributed by atoms with Crippen molar-refractivity contribution in [2.24, 2.45) is 0 Å². The first-order valence-corrected chi connectivity index (χ1v) is 5.68. The van der Waals surface area contributed by atoms with Crippen LogP contribution in [0.15, 0.2) is 36.4 Å². The second kappa shape index (κ2) is 5.50. The van der Waals surface area contributed by atoms with E-state index in [0.29, 0.717) is 5.88 Å². The van der Waals surface area contributed by atoms with E-state index < -0.39 is 0 Å². The van der Waals surface area contributed by atoms with Gasteiger partial charge in [-0.25, -0.2) is 0 Å². The summed E-state index contributed by atoms with van der Waals surface area (Å²) in [5.74, 6) is 0.631. The second-order valence-corrected chi connectivity index (χ2v) is 3.96. The fourth-order valence-corrected chi connectivity index (χ4v) is 1.68. The van der Waals surface area contributed by atoms with Gasteiger partial charge in [0.25, 0.3) is 0 Å². The fraction of sp³-hybridized carbons (Fsp3) is 0.308. The van der Waals surface area contributed by atoms with Gasteiger partial charge in [0.2, 0.25) is 5.88 Å². The highest BCUT2D eigenvalue weighted by Gasteiger charge is 2.13. The zero-order valence-corrected chi connectivity index (χ0v) is 10.1. The number of H-pyrrole nitrogens is 1. The van der Waals surface area contributed by atoms with Gasteiger partial charge in [-0.05, 0) is 19.5 Å². The van der Waals surface area contributed by atoms with E-state index >= 15 is 0 Å². The van der Waals surface area contributed by atoms with Gasteiger partial charge in [-0.3, -0.25) is 5.10 Å². The molecular weight excluding hydrogens is 214 g/mol. The van der Waals surface area contributed by atoms with Crippen LogP contribution in [0.1, 0.15) is 17.4 Å².